The molecule has 5 rings (SSSR count). The summed E-state index contributed by atoms with van der Waals surface area (Å²) in [5, 5.41) is 3.07. The second kappa shape index (κ2) is 7.29. The van der Waals surface area contributed by atoms with E-state index in [0.717, 1.165) is 24.8 Å². The van der Waals surface area contributed by atoms with E-state index in [2.05, 4.69) is 17.5 Å². The zero-order valence-corrected chi connectivity index (χ0v) is 16.4. The van der Waals surface area contributed by atoms with Gasteiger partial charge in [0.2, 0.25) is 17.7 Å². The molecule has 4 atom stereocenters. The van der Waals surface area contributed by atoms with Crippen molar-refractivity contribution in [1.82, 2.24) is 5.32 Å². The summed E-state index contributed by atoms with van der Waals surface area (Å²) in [5.41, 5.74) is 1.41. The highest BCUT2D eigenvalue weighted by molar-refractivity contribution is 6.22. The number of carbonyl (C=O) groups excluding carboxylic acids is 3. The Morgan fingerprint density at radius 2 is 1.69 bits per heavy atom. The van der Waals surface area contributed by atoms with Crippen LogP contribution >= 0.6 is 0 Å². The van der Waals surface area contributed by atoms with E-state index in [-0.39, 0.29) is 47.4 Å². The summed E-state index contributed by atoms with van der Waals surface area (Å²) >= 11 is 0. The maximum Gasteiger partial charge on any atom is 0.244 e. The van der Waals surface area contributed by atoms with Gasteiger partial charge in [0, 0.05) is 12.1 Å². The Morgan fingerprint density at radius 1 is 1.00 bits per heavy atom. The van der Waals surface area contributed by atoms with E-state index in [0.29, 0.717) is 5.69 Å². The number of allylic oxidation sites excluding steroid dienone is 2. The van der Waals surface area contributed by atoms with Gasteiger partial charge in [0.05, 0.1) is 17.5 Å². The van der Waals surface area contributed by atoms with Gasteiger partial charge >= 0.3 is 0 Å². The number of anilines is 1. The number of hydrogen-bond acceptors (Lipinski definition) is 3. The average molecular weight is 390 g/mol. The molecule has 4 aliphatic rings. The minimum absolute atomic E-state index is 0.0759. The Morgan fingerprint density at radius 3 is 2.38 bits per heavy atom. The number of benzene rings is 1. The summed E-state index contributed by atoms with van der Waals surface area (Å²) in [6.45, 7) is 0. The van der Waals surface area contributed by atoms with Crippen LogP contribution in [0.5, 0.6) is 0 Å². The second-order valence-corrected chi connectivity index (χ2v) is 8.78. The van der Waals surface area contributed by atoms with Gasteiger partial charge in [-0.2, -0.15) is 0 Å². The predicted molar refractivity (Wildman–Crippen MR) is 111 cm³/mol. The molecule has 29 heavy (non-hydrogen) atoms. The zero-order chi connectivity index (χ0) is 20.0. The van der Waals surface area contributed by atoms with E-state index in [1.807, 2.05) is 18.2 Å². The molecule has 1 aromatic carbocycles. The van der Waals surface area contributed by atoms with Gasteiger partial charge < -0.3 is 5.32 Å². The van der Waals surface area contributed by atoms with Crippen molar-refractivity contribution in [2.45, 2.75) is 44.6 Å². The van der Waals surface area contributed by atoms with Gasteiger partial charge in [0.1, 0.15) is 0 Å². The van der Waals surface area contributed by atoms with Gasteiger partial charge in [-0.05, 0) is 54.9 Å². The topological polar surface area (TPSA) is 66.5 Å². The third kappa shape index (κ3) is 3.22. The van der Waals surface area contributed by atoms with Crippen molar-refractivity contribution in [3.05, 3.63) is 48.1 Å². The van der Waals surface area contributed by atoms with Crippen LogP contribution in [0.3, 0.4) is 0 Å². The van der Waals surface area contributed by atoms with E-state index in [1.165, 1.54) is 24.2 Å². The predicted octanol–water partition coefficient (Wildman–Crippen LogP) is 3.46. The van der Waals surface area contributed by atoms with Crippen LogP contribution in [0, 0.1) is 23.7 Å². The van der Waals surface area contributed by atoms with E-state index in [1.54, 1.807) is 18.2 Å². The number of rotatable bonds is 4. The lowest BCUT2D eigenvalue weighted by molar-refractivity contribution is -0.123. The second-order valence-electron chi connectivity index (χ2n) is 8.78. The monoisotopic (exact) mass is 390 g/mol. The molecule has 0 aromatic heterocycles. The lowest BCUT2D eigenvalue weighted by Crippen LogP contribution is -2.34. The number of nitrogens with zero attached hydrogens (tertiary/aromatic N) is 1. The number of carbonyl (C=O) groups is 3. The molecule has 1 aromatic rings. The van der Waals surface area contributed by atoms with Gasteiger partial charge in [-0.3, -0.25) is 14.4 Å². The number of nitrogens with one attached hydrogen (secondary N) is 1. The lowest BCUT2D eigenvalue weighted by atomic mass is 9.85. The average Bonchev–Trinajstić information content (AvgIpc) is 3.41. The fraction of sp³-hybridized carbons (Fsp3) is 0.458. The Kier molecular flexibility index (Phi) is 4.61. The summed E-state index contributed by atoms with van der Waals surface area (Å²) in [5.74, 6) is -0.221. The van der Waals surface area contributed by atoms with Gasteiger partial charge in [0.15, 0.2) is 0 Å². The smallest absolute Gasteiger partial charge is 0.244 e. The van der Waals surface area contributed by atoms with Crippen molar-refractivity contribution < 1.29 is 14.4 Å². The SMILES string of the molecule is O=C(/C=C\c1cccc(N2C(=O)[C@H]3[C@H](C2=O)[C@H]2C=C[C@H]3C2)c1)NC1CCCCC1. The summed E-state index contributed by atoms with van der Waals surface area (Å²) < 4.78 is 0. The normalized spacial score (nSPS) is 31.1. The molecule has 3 amide bonds. The molecule has 5 heteroatoms. The highest BCUT2D eigenvalue weighted by Crippen LogP contribution is 2.53. The van der Waals surface area contributed by atoms with Crippen LogP contribution in [-0.4, -0.2) is 23.8 Å². The summed E-state index contributed by atoms with van der Waals surface area (Å²) in [4.78, 5) is 39.5. The maximum atomic E-state index is 13.0. The summed E-state index contributed by atoms with van der Waals surface area (Å²) in [6, 6.07) is 7.60. The van der Waals surface area contributed by atoms with Gasteiger partial charge in [-0.1, -0.05) is 43.5 Å². The molecular formula is C24H26N2O3. The molecule has 3 fully saturated rings. The molecule has 0 radical (unpaired) electrons. The van der Waals surface area contributed by atoms with Crippen LogP contribution < -0.4 is 10.2 Å². The van der Waals surface area contributed by atoms with E-state index in [4.69, 9.17) is 0 Å². The third-order valence-electron chi connectivity index (χ3n) is 6.98. The van der Waals surface area contributed by atoms with Gasteiger partial charge in [-0.15, -0.1) is 0 Å². The van der Waals surface area contributed by atoms with Crippen LogP contribution in [-0.2, 0) is 14.4 Å². The molecule has 0 spiro atoms. The standard InChI is InChI=1S/C24H26N2O3/c27-20(25-18-6-2-1-3-7-18)12-9-15-5-4-8-19(13-15)26-23(28)21-16-10-11-17(14-16)22(21)24(26)29/h4-5,8-13,16-18,21-22H,1-3,6-7,14H2,(H,25,27)/b12-9-/t16-,17-,21+,22+/m0/s1. The van der Waals surface area contributed by atoms with E-state index >= 15 is 0 Å². The Balaban J connectivity index is 1.29. The molecule has 2 bridgehead atoms. The molecule has 5 nitrogen and oxygen atoms in total. The minimum Gasteiger partial charge on any atom is -0.350 e. The Hall–Kier alpha value is -2.69. The molecule has 1 heterocycles. The minimum atomic E-state index is -0.196. The van der Waals surface area contributed by atoms with Crippen molar-refractivity contribution in [3.8, 4) is 0 Å². The third-order valence-corrected chi connectivity index (χ3v) is 6.98. The van der Waals surface area contributed by atoms with E-state index in [9.17, 15) is 14.4 Å². The number of amides is 3. The van der Waals surface area contributed by atoms with Gasteiger partial charge in [-0.25, -0.2) is 4.90 Å². The first-order valence-corrected chi connectivity index (χ1v) is 10.8. The lowest BCUT2D eigenvalue weighted by Gasteiger charge is -2.21. The van der Waals surface area contributed by atoms with Crippen molar-refractivity contribution >= 4 is 29.5 Å². The first-order valence-electron chi connectivity index (χ1n) is 10.8. The van der Waals surface area contributed by atoms with Crippen LogP contribution in [0.1, 0.15) is 44.1 Å². The fourth-order valence-electron chi connectivity index (χ4n) is 5.59. The molecule has 1 N–H and O–H groups in total. The maximum absolute atomic E-state index is 13.0. The molecule has 2 saturated carbocycles. The zero-order valence-electron chi connectivity index (χ0n) is 16.4. The highest BCUT2D eigenvalue weighted by atomic mass is 16.2. The highest BCUT2D eigenvalue weighted by Gasteiger charge is 2.59. The molecule has 3 aliphatic carbocycles. The quantitative estimate of drug-likeness (QED) is 0.486. The van der Waals surface area contributed by atoms with E-state index < -0.39 is 0 Å². The van der Waals surface area contributed by atoms with Crippen molar-refractivity contribution in [2.75, 3.05) is 4.90 Å². The van der Waals surface area contributed by atoms with Gasteiger partial charge in [0.25, 0.3) is 0 Å². The molecule has 150 valence electrons. The number of hydrogen-bond donors (Lipinski definition) is 1. The molecule has 0 unspecified atom stereocenters. The molecule has 1 saturated heterocycles. The van der Waals surface area contributed by atoms with Crippen LogP contribution in [0.2, 0.25) is 0 Å². The van der Waals surface area contributed by atoms with Crippen molar-refractivity contribution in [3.63, 3.8) is 0 Å². The van der Waals surface area contributed by atoms with Crippen LogP contribution in [0.15, 0.2) is 42.5 Å². The Labute approximate surface area is 170 Å². The fourth-order valence-corrected chi connectivity index (χ4v) is 5.59. The first kappa shape index (κ1) is 18.3. The van der Waals surface area contributed by atoms with Crippen molar-refractivity contribution in [1.29, 1.82) is 0 Å². The largest absolute Gasteiger partial charge is 0.350 e. The number of imide groups is 1. The summed E-state index contributed by atoms with van der Waals surface area (Å²) in [6.07, 6.45) is 14.1. The summed E-state index contributed by atoms with van der Waals surface area (Å²) in [7, 11) is 0. The molecule has 1 aliphatic heterocycles. The van der Waals surface area contributed by atoms with Crippen LogP contribution in [0.25, 0.3) is 6.08 Å². The molecular weight excluding hydrogens is 364 g/mol. The Bertz CT molecular complexity index is 882. The first-order chi connectivity index (χ1) is 14.1. The van der Waals surface area contributed by atoms with Crippen LogP contribution in [0.4, 0.5) is 5.69 Å². The number of fused-ring (bicyclic) bond motifs is 5. The van der Waals surface area contributed by atoms with Crippen molar-refractivity contribution in [2.24, 2.45) is 23.7 Å².